The second-order valence-electron chi connectivity index (χ2n) is 5.85. The summed E-state index contributed by atoms with van der Waals surface area (Å²) in [6.07, 6.45) is 1.85. The molecule has 0 fully saturated rings. The number of hydrogen-bond donors (Lipinski definition) is 1. The van der Waals surface area contributed by atoms with E-state index in [2.05, 4.69) is 61.4 Å². The Balaban J connectivity index is 2.00. The molecular formula is C17H22N2S. The van der Waals surface area contributed by atoms with E-state index in [1.165, 1.54) is 10.5 Å². The van der Waals surface area contributed by atoms with Crippen molar-refractivity contribution in [3.8, 4) is 0 Å². The summed E-state index contributed by atoms with van der Waals surface area (Å²) < 4.78 is 0. The Morgan fingerprint density at radius 3 is 2.40 bits per heavy atom. The summed E-state index contributed by atoms with van der Waals surface area (Å²) in [6, 6.07) is 12.9. The zero-order chi connectivity index (χ0) is 14.6. The predicted molar refractivity (Wildman–Crippen MR) is 88.5 cm³/mol. The Labute approximate surface area is 126 Å². The van der Waals surface area contributed by atoms with Crippen molar-refractivity contribution in [3.63, 3.8) is 0 Å². The second kappa shape index (κ2) is 6.31. The van der Waals surface area contributed by atoms with Crippen molar-refractivity contribution in [2.75, 3.05) is 12.4 Å². The Hall–Kier alpha value is -1.48. The van der Waals surface area contributed by atoms with Crippen LogP contribution >= 0.6 is 11.8 Å². The summed E-state index contributed by atoms with van der Waals surface area (Å²) in [5.74, 6) is 0.893. The lowest BCUT2D eigenvalue weighted by atomic mass is 9.87. The highest BCUT2D eigenvalue weighted by Gasteiger charge is 2.12. The maximum atomic E-state index is 4.40. The number of benzene rings is 1. The van der Waals surface area contributed by atoms with E-state index in [9.17, 15) is 0 Å². The van der Waals surface area contributed by atoms with Crippen LogP contribution in [-0.2, 0) is 11.2 Å². The number of pyridine rings is 1. The fraction of sp³-hybridized carbons (Fsp3) is 0.353. The molecule has 0 spiro atoms. The van der Waals surface area contributed by atoms with Gasteiger partial charge in [-0.1, -0.05) is 32.9 Å². The maximum absolute atomic E-state index is 4.40. The van der Waals surface area contributed by atoms with Crippen LogP contribution in [0.1, 0.15) is 32.0 Å². The third-order valence-corrected chi connectivity index (χ3v) is 4.26. The zero-order valence-electron chi connectivity index (χ0n) is 12.6. The topological polar surface area (TPSA) is 24.9 Å². The molecule has 0 aliphatic carbocycles. The van der Waals surface area contributed by atoms with E-state index in [1.54, 1.807) is 0 Å². The number of hydrogen-bond acceptors (Lipinski definition) is 3. The quantitative estimate of drug-likeness (QED) is 0.824. The van der Waals surface area contributed by atoms with Crippen LogP contribution in [0.5, 0.6) is 0 Å². The third-order valence-electron chi connectivity index (χ3n) is 3.21. The van der Waals surface area contributed by atoms with E-state index in [4.69, 9.17) is 0 Å². The molecule has 0 bridgehead atoms. The van der Waals surface area contributed by atoms with Crippen LogP contribution in [0.2, 0.25) is 0 Å². The van der Waals surface area contributed by atoms with E-state index in [1.807, 2.05) is 31.1 Å². The Kier molecular flexibility index (Phi) is 4.71. The Morgan fingerprint density at radius 1 is 1.10 bits per heavy atom. The summed E-state index contributed by atoms with van der Waals surface area (Å²) in [6.45, 7) is 6.72. The van der Waals surface area contributed by atoms with Gasteiger partial charge in [-0.15, -0.1) is 11.8 Å². The molecule has 1 heterocycles. The van der Waals surface area contributed by atoms with E-state index in [0.29, 0.717) is 0 Å². The van der Waals surface area contributed by atoms with Crippen molar-refractivity contribution in [1.82, 2.24) is 4.98 Å². The van der Waals surface area contributed by atoms with Crippen molar-refractivity contribution in [3.05, 3.63) is 53.9 Å². The van der Waals surface area contributed by atoms with Crippen molar-refractivity contribution in [1.29, 1.82) is 0 Å². The van der Waals surface area contributed by atoms with Gasteiger partial charge in [0.25, 0.3) is 0 Å². The van der Waals surface area contributed by atoms with Gasteiger partial charge >= 0.3 is 0 Å². The minimum absolute atomic E-state index is 0.214. The van der Waals surface area contributed by atoms with Gasteiger partial charge in [0.05, 0.1) is 5.69 Å². The zero-order valence-corrected chi connectivity index (χ0v) is 13.4. The first-order valence-electron chi connectivity index (χ1n) is 6.85. The second-order valence-corrected chi connectivity index (χ2v) is 6.90. The average Bonchev–Trinajstić information content (AvgIpc) is 2.45. The molecule has 1 aromatic carbocycles. The Bertz CT molecular complexity index is 556. The normalized spacial score (nSPS) is 11.4. The highest BCUT2D eigenvalue weighted by Crippen LogP contribution is 2.27. The highest BCUT2D eigenvalue weighted by atomic mass is 32.2. The number of anilines is 1. The molecule has 106 valence electrons. The highest BCUT2D eigenvalue weighted by molar-refractivity contribution is 7.98. The first-order valence-corrected chi connectivity index (χ1v) is 7.83. The smallest absolute Gasteiger partial charge is 0.0526 e. The predicted octanol–water partition coefficient (Wildman–Crippen LogP) is 4.71. The summed E-state index contributed by atoms with van der Waals surface area (Å²) in [7, 11) is 1.93. The number of rotatable bonds is 4. The van der Waals surface area contributed by atoms with Crippen molar-refractivity contribution >= 4 is 17.4 Å². The largest absolute Gasteiger partial charge is 0.388 e. The standard InChI is InChI=1S/C17H22N2S/c1-17(2,3)13-5-7-16(8-6-13)20-12-15-11-14(18-4)9-10-19-15/h5-11H,12H2,1-4H3,(H,18,19). The van der Waals surface area contributed by atoms with Crippen LogP contribution in [0, 0.1) is 0 Å². The van der Waals surface area contributed by atoms with Gasteiger partial charge in [-0.2, -0.15) is 0 Å². The molecule has 2 rings (SSSR count). The first-order chi connectivity index (χ1) is 9.49. The minimum Gasteiger partial charge on any atom is -0.388 e. The van der Waals surface area contributed by atoms with Gasteiger partial charge in [-0.25, -0.2) is 0 Å². The summed E-state index contributed by atoms with van der Waals surface area (Å²) in [5, 5.41) is 3.14. The van der Waals surface area contributed by atoms with Crippen LogP contribution in [0.3, 0.4) is 0 Å². The van der Waals surface area contributed by atoms with E-state index < -0.39 is 0 Å². The SMILES string of the molecule is CNc1ccnc(CSc2ccc(C(C)(C)C)cc2)c1. The van der Waals surface area contributed by atoms with Crippen LogP contribution in [0.4, 0.5) is 5.69 Å². The number of aromatic nitrogens is 1. The molecule has 0 saturated carbocycles. The number of thioether (sulfide) groups is 1. The molecule has 1 aromatic heterocycles. The molecular weight excluding hydrogens is 264 g/mol. The molecule has 20 heavy (non-hydrogen) atoms. The third kappa shape index (κ3) is 4.01. The van der Waals surface area contributed by atoms with Crippen molar-refractivity contribution in [2.24, 2.45) is 0 Å². The molecule has 1 N–H and O–H groups in total. The molecule has 3 heteroatoms. The molecule has 0 aliphatic rings. The fourth-order valence-corrected chi connectivity index (χ4v) is 2.72. The van der Waals surface area contributed by atoms with Crippen LogP contribution in [-0.4, -0.2) is 12.0 Å². The monoisotopic (exact) mass is 286 g/mol. The lowest BCUT2D eigenvalue weighted by Gasteiger charge is -2.19. The molecule has 0 aliphatic heterocycles. The lowest BCUT2D eigenvalue weighted by molar-refractivity contribution is 0.590. The molecule has 0 amide bonds. The van der Waals surface area contributed by atoms with Crippen LogP contribution in [0.25, 0.3) is 0 Å². The number of nitrogens with zero attached hydrogens (tertiary/aromatic N) is 1. The molecule has 2 aromatic rings. The van der Waals surface area contributed by atoms with Gasteiger partial charge in [0.1, 0.15) is 0 Å². The van der Waals surface area contributed by atoms with E-state index >= 15 is 0 Å². The van der Waals surface area contributed by atoms with Crippen molar-refractivity contribution in [2.45, 2.75) is 36.8 Å². The molecule has 0 unspecified atom stereocenters. The maximum Gasteiger partial charge on any atom is 0.0526 e. The van der Waals surface area contributed by atoms with Gasteiger partial charge in [0.2, 0.25) is 0 Å². The van der Waals surface area contributed by atoms with Crippen LogP contribution in [0.15, 0.2) is 47.5 Å². The number of nitrogens with one attached hydrogen (secondary N) is 1. The molecule has 0 atom stereocenters. The fourth-order valence-electron chi connectivity index (χ4n) is 1.92. The molecule has 2 nitrogen and oxygen atoms in total. The van der Waals surface area contributed by atoms with Crippen molar-refractivity contribution < 1.29 is 0 Å². The average molecular weight is 286 g/mol. The summed E-state index contributed by atoms with van der Waals surface area (Å²) >= 11 is 1.82. The molecule has 0 saturated heterocycles. The minimum atomic E-state index is 0.214. The summed E-state index contributed by atoms with van der Waals surface area (Å²) in [4.78, 5) is 5.69. The first kappa shape index (κ1) is 14.9. The van der Waals surface area contributed by atoms with Crippen LogP contribution < -0.4 is 5.32 Å². The van der Waals surface area contributed by atoms with E-state index in [-0.39, 0.29) is 5.41 Å². The van der Waals surface area contributed by atoms with Gasteiger partial charge in [-0.05, 0) is 35.2 Å². The van der Waals surface area contributed by atoms with Gasteiger partial charge in [0, 0.05) is 29.6 Å². The Morgan fingerprint density at radius 2 is 1.80 bits per heavy atom. The summed E-state index contributed by atoms with van der Waals surface area (Å²) in [5.41, 5.74) is 3.80. The van der Waals surface area contributed by atoms with Gasteiger partial charge in [0.15, 0.2) is 0 Å². The van der Waals surface area contributed by atoms with Gasteiger partial charge < -0.3 is 5.32 Å². The van der Waals surface area contributed by atoms with E-state index in [0.717, 1.165) is 17.1 Å². The van der Waals surface area contributed by atoms with Gasteiger partial charge in [-0.3, -0.25) is 4.98 Å². The lowest BCUT2D eigenvalue weighted by Crippen LogP contribution is -2.10. The molecule has 0 radical (unpaired) electrons.